The lowest BCUT2D eigenvalue weighted by Crippen LogP contribution is -2.31. The zero-order chi connectivity index (χ0) is 15.8. The van der Waals surface area contributed by atoms with Gasteiger partial charge in [0.2, 0.25) is 0 Å². The molecule has 0 unspecified atom stereocenters. The van der Waals surface area contributed by atoms with E-state index in [1.807, 2.05) is 5.06 Å². The third kappa shape index (κ3) is 2.95. The molecule has 0 aromatic carbocycles. The molecule has 2 saturated heterocycles. The summed E-state index contributed by atoms with van der Waals surface area (Å²) in [5.74, 6) is 1.91. The third-order valence-corrected chi connectivity index (χ3v) is 5.96. The zero-order valence-corrected chi connectivity index (χ0v) is 14.8. The number of aryl methyl sites for hydroxylation is 2. The second-order valence-corrected chi connectivity index (χ2v) is 7.76. The van der Waals surface area contributed by atoms with Crippen LogP contribution in [0, 0.1) is 13.8 Å². The standard InChI is InChI=1S/C17H24N4OS/c1-12-13(2)23-17-15(12)16(21-9-5-6-10-22-21)18-14(19-17)11-20-7-3-4-8-20/h3-11H2,1-2H3. The second kappa shape index (κ2) is 6.34. The van der Waals surface area contributed by atoms with Gasteiger partial charge in [0.25, 0.3) is 0 Å². The lowest BCUT2D eigenvalue weighted by Gasteiger charge is -2.28. The molecular weight excluding hydrogens is 308 g/mol. The van der Waals surface area contributed by atoms with Gasteiger partial charge in [-0.05, 0) is 58.2 Å². The van der Waals surface area contributed by atoms with E-state index >= 15 is 0 Å². The molecule has 6 heteroatoms. The van der Waals surface area contributed by atoms with E-state index < -0.39 is 0 Å². The summed E-state index contributed by atoms with van der Waals surface area (Å²) in [5, 5.41) is 3.18. The molecule has 23 heavy (non-hydrogen) atoms. The SMILES string of the molecule is Cc1sc2nc(CN3CCCC3)nc(N3CCCCO3)c2c1C. The molecule has 2 aliphatic heterocycles. The Balaban J connectivity index is 1.76. The van der Waals surface area contributed by atoms with Crippen LogP contribution < -0.4 is 5.06 Å². The van der Waals surface area contributed by atoms with Crippen molar-refractivity contribution in [2.24, 2.45) is 0 Å². The quantitative estimate of drug-likeness (QED) is 0.861. The summed E-state index contributed by atoms with van der Waals surface area (Å²) in [4.78, 5) is 20.6. The molecular formula is C17H24N4OS. The molecule has 0 atom stereocenters. The number of thiophene rings is 1. The van der Waals surface area contributed by atoms with Crippen LogP contribution in [0.15, 0.2) is 0 Å². The number of nitrogens with zero attached hydrogens (tertiary/aromatic N) is 4. The molecule has 4 rings (SSSR count). The maximum Gasteiger partial charge on any atom is 0.165 e. The van der Waals surface area contributed by atoms with Crippen LogP contribution in [0.25, 0.3) is 10.2 Å². The fourth-order valence-electron chi connectivity index (χ4n) is 3.43. The summed E-state index contributed by atoms with van der Waals surface area (Å²) in [5.41, 5.74) is 1.29. The van der Waals surface area contributed by atoms with Crippen LogP contribution >= 0.6 is 11.3 Å². The van der Waals surface area contributed by atoms with Crippen LogP contribution in [-0.4, -0.2) is 41.1 Å². The van der Waals surface area contributed by atoms with Gasteiger partial charge < -0.3 is 0 Å². The van der Waals surface area contributed by atoms with Gasteiger partial charge in [-0.15, -0.1) is 11.3 Å². The zero-order valence-electron chi connectivity index (χ0n) is 14.0. The Morgan fingerprint density at radius 3 is 2.57 bits per heavy atom. The van der Waals surface area contributed by atoms with Crippen molar-refractivity contribution in [2.45, 2.75) is 46.1 Å². The number of fused-ring (bicyclic) bond motifs is 1. The van der Waals surface area contributed by atoms with Crippen LogP contribution in [0.1, 0.15) is 41.9 Å². The number of anilines is 1. The average molecular weight is 332 g/mol. The highest BCUT2D eigenvalue weighted by Gasteiger charge is 2.23. The minimum Gasteiger partial charge on any atom is -0.296 e. The number of hydrogen-bond acceptors (Lipinski definition) is 6. The molecule has 2 aliphatic rings. The van der Waals surface area contributed by atoms with Gasteiger partial charge in [-0.1, -0.05) is 0 Å². The van der Waals surface area contributed by atoms with Gasteiger partial charge in [0, 0.05) is 11.4 Å². The van der Waals surface area contributed by atoms with Crippen LogP contribution in [0.2, 0.25) is 0 Å². The fourth-order valence-corrected chi connectivity index (χ4v) is 4.47. The predicted octanol–water partition coefficient (Wildman–Crippen LogP) is 3.44. The number of rotatable bonds is 3. The molecule has 0 N–H and O–H groups in total. The van der Waals surface area contributed by atoms with E-state index in [2.05, 4.69) is 18.7 Å². The van der Waals surface area contributed by atoms with Crippen molar-refractivity contribution in [3.8, 4) is 0 Å². The van der Waals surface area contributed by atoms with E-state index in [0.717, 1.165) is 49.0 Å². The van der Waals surface area contributed by atoms with E-state index in [-0.39, 0.29) is 0 Å². The van der Waals surface area contributed by atoms with Crippen molar-refractivity contribution in [1.29, 1.82) is 0 Å². The van der Waals surface area contributed by atoms with Crippen molar-refractivity contribution in [1.82, 2.24) is 14.9 Å². The van der Waals surface area contributed by atoms with E-state index in [1.54, 1.807) is 11.3 Å². The van der Waals surface area contributed by atoms with Crippen LogP contribution in [0.5, 0.6) is 0 Å². The molecule has 0 spiro atoms. The van der Waals surface area contributed by atoms with Gasteiger partial charge >= 0.3 is 0 Å². The second-order valence-electron chi connectivity index (χ2n) is 6.55. The largest absolute Gasteiger partial charge is 0.296 e. The Bertz CT molecular complexity index is 702. The monoisotopic (exact) mass is 332 g/mol. The molecule has 2 aromatic heterocycles. The number of hydroxylamine groups is 1. The van der Waals surface area contributed by atoms with E-state index in [9.17, 15) is 0 Å². The molecule has 2 aromatic rings. The summed E-state index contributed by atoms with van der Waals surface area (Å²) in [6.07, 6.45) is 4.88. The number of aromatic nitrogens is 2. The number of hydrogen-bond donors (Lipinski definition) is 0. The van der Waals surface area contributed by atoms with Crippen molar-refractivity contribution < 1.29 is 4.84 Å². The highest BCUT2D eigenvalue weighted by molar-refractivity contribution is 7.18. The molecule has 0 bridgehead atoms. The van der Waals surface area contributed by atoms with Crippen LogP contribution in [0.4, 0.5) is 5.82 Å². The molecule has 0 saturated carbocycles. The normalized spacial score (nSPS) is 19.8. The maximum absolute atomic E-state index is 5.90. The predicted molar refractivity (Wildman–Crippen MR) is 93.9 cm³/mol. The molecule has 0 amide bonds. The highest BCUT2D eigenvalue weighted by atomic mass is 32.1. The Labute approximate surface area is 141 Å². The maximum atomic E-state index is 5.90. The summed E-state index contributed by atoms with van der Waals surface area (Å²) >= 11 is 1.78. The lowest BCUT2D eigenvalue weighted by atomic mass is 10.2. The van der Waals surface area contributed by atoms with Gasteiger partial charge in [0.05, 0.1) is 18.5 Å². The Morgan fingerprint density at radius 2 is 1.83 bits per heavy atom. The van der Waals surface area contributed by atoms with Gasteiger partial charge in [-0.2, -0.15) is 0 Å². The summed E-state index contributed by atoms with van der Waals surface area (Å²) in [6, 6.07) is 0. The van der Waals surface area contributed by atoms with Crippen molar-refractivity contribution in [3.63, 3.8) is 0 Å². The summed E-state index contributed by atoms with van der Waals surface area (Å²) < 4.78 is 0. The molecule has 2 fully saturated rings. The Kier molecular flexibility index (Phi) is 4.22. The minimum atomic E-state index is 0.787. The van der Waals surface area contributed by atoms with Gasteiger partial charge in [0.15, 0.2) is 5.82 Å². The van der Waals surface area contributed by atoms with E-state index in [4.69, 9.17) is 14.8 Å². The summed E-state index contributed by atoms with van der Waals surface area (Å²) in [7, 11) is 0. The first-order valence-corrected chi connectivity index (χ1v) is 9.43. The third-order valence-electron chi connectivity index (χ3n) is 4.86. The average Bonchev–Trinajstić information content (AvgIpc) is 3.16. The number of likely N-dealkylation sites (tertiary alicyclic amines) is 1. The summed E-state index contributed by atoms with van der Waals surface area (Å²) in [6.45, 7) is 9.23. The minimum absolute atomic E-state index is 0.787. The first-order valence-electron chi connectivity index (χ1n) is 8.62. The Hall–Kier alpha value is -1.24. The van der Waals surface area contributed by atoms with E-state index in [1.165, 1.54) is 41.8 Å². The van der Waals surface area contributed by atoms with Gasteiger partial charge in [-0.3, -0.25) is 9.74 Å². The molecule has 0 radical (unpaired) electrons. The van der Waals surface area contributed by atoms with Gasteiger partial charge in [-0.25, -0.2) is 15.0 Å². The fraction of sp³-hybridized carbons (Fsp3) is 0.647. The smallest absolute Gasteiger partial charge is 0.165 e. The van der Waals surface area contributed by atoms with Gasteiger partial charge in [0.1, 0.15) is 10.7 Å². The lowest BCUT2D eigenvalue weighted by molar-refractivity contribution is 0.0765. The molecule has 5 nitrogen and oxygen atoms in total. The van der Waals surface area contributed by atoms with Crippen molar-refractivity contribution in [2.75, 3.05) is 31.3 Å². The van der Waals surface area contributed by atoms with Crippen molar-refractivity contribution in [3.05, 3.63) is 16.3 Å². The first-order chi connectivity index (χ1) is 11.2. The van der Waals surface area contributed by atoms with Crippen LogP contribution in [-0.2, 0) is 11.4 Å². The molecule has 124 valence electrons. The van der Waals surface area contributed by atoms with Crippen molar-refractivity contribution >= 4 is 27.4 Å². The molecule has 4 heterocycles. The van der Waals surface area contributed by atoms with E-state index in [0.29, 0.717) is 0 Å². The topological polar surface area (TPSA) is 41.5 Å². The highest BCUT2D eigenvalue weighted by Crippen LogP contribution is 2.36. The molecule has 0 aliphatic carbocycles. The van der Waals surface area contributed by atoms with Crippen LogP contribution in [0.3, 0.4) is 0 Å². The first kappa shape index (κ1) is 15.3. The Morgan fingerprint density at radius 1 is 1.04 bits per heavy atom.